The zero-order chi connectivity index (χ0) is 13.8. The second-order valence-corrected chi connectivity index (χ2v) is 5.98. The van der Waals surface area contributed by atoms with E-state index in [1.165, 1.54) is 9.75 Å². The molecule has 0 unspecified atom stereocenters. The van der Waals surface area contributed by atoms with Crippen molar-refractivity contribution in [2.45, 2.75) is 40.4 Å². The maximum atomic E-state index is 9.18. The van der Waals surface area contributed by atoms with Crippen LogP contribution in [-0.2, 0) is 19.6 Å². The van der Waals surface area contributed by atoms with Gasteiger partial charge in [0.1, 0.15) is 12.4 Å². The standard InChI is InChI=1S/C16H20O2S/c1-4-14-5-6-15(19-14)10-18-16-11(2)7-13(9-17)8-12(16)3/h5-8,17H,4,9-10H2,1-3H3. The summed E-state index contributed by atoms with van der Waals surface area (Å²) < 4.78 is 5.94. The lowest BCUT2D eigenvalue weighted by Gasteiger charge is -2.13. The van der Waals surface area contributed by atoms with Crippen LogP contribution in [0.2, 0.25) is 0 Å². The molecule has 0 aliphatic carbocycles. The molecule has 0 saturated heterocycles. The van der Waals surface area contributed by atoms with Gasteiger partial charge in [-0.3, -0.25) is 0 Å². The minimum atomic E-state index is 0.0761. The van der Waals surface area contributed by atoms with Crippen LogP contribution in [0.25, 0.3) is 0 Å². The number of hydrogen-bond donors (Lipinski definition) is 1. The summed E-state index contributed by atoms with van der Waals surface area (Å²) in [6, 6.07) is 8.26. The zero-order valence-corrected chi connectivity index (χ0v) is 12.5. The average molecular weight is 276 g/mol. The molecule has 2 rings (SSSR count). The first-order chi connectivity index (χ1) is 9.13. The molecular weight excluding hydrogens is 256 g/mol. The van der Waals surface area contributed by atoms with Crippen molar-refractivity contribution in [3.05, 3.63) is 50.7 Å². The molecule has 0 spiro atoms. The van der Waals surface area contributed by atoms with Gasteiger partial charge in [0.05, 0.1) is 6.61 Å². The van der Waals surface area contributed by atoms with Crippen LogP contribution in [0, 0.1) is 13.8 Å². The summed E-state index contributed by atoms with van der Waals surface area (Å²) >= 11 is 1.81. The Kier molecular flexibility index (Phi) is 4.61. The van der Waals surface area contributed by atoms with Crippen LogP contribution < -0.4 is 4.74 Å². The third-order valence-corrected chi connectivity index (χ3v) is 4.33. The van der Waals surface area contributed by atoms with Crippen molar-refractivity contribution >= 4 is 11.3 Å². The topological polar surface area (TPSA) is 29.5 Å². The Labute approximate surface area is 118 Å². The third-order valence-electron chi connectivity index (χ3n) is 3.13. The van der Waals surface area contributed by atoms with E-state index in [0.29, 0.717) is 6.61 Å². The zero-order valence-electron chi connectivity index (χ0n) is 11.7. The van der Waals surface area contributed by atoms with Gasteiger partial charge in [0.2, 0.25) is 0 Å². The number of aryl methyl sites for hydroxylation is 3. The highest BCUT2D eigenvalue weighted by Crippen LogP contribution is 2.27. The lowest BCUT2D eigenvalue weighted by atomic mass is 10.1. The Morgan fingerprint density at radius 2 is 1.74 bits per heavy atom. The minimum Gasteiger partial charge on any atom is -0.488 e. The number of rotatable bonds is 5. The van der Waals surface area contributed by atoms with Crippen LogP contribution in [0.15, 0.2) is 24.3 Å². The summed E-state index contributed by atoms with van der Waals surface area (Å²) in [6.45, 7) is 6.90. The molecule has 0 atom stereocenters. The Morgan fingerprint density at radius 3 is 2.26 bits per heavy atom. The number of hydrogen-bond acceptors (Lipinski definition) is 3. The monoisotopic (exact) mass is 276 g/mol. The van der Waals surface area contributed by atoms with Gasteiger partial charge >= 0.3 is 0 Å². The van der Waals surface area contributed by atoms with Crippen LogP contribution in [0.4, 0.5) is 0 Å². The summed E-state index contributed by atoms with van der Waals surface area (Å²) in [6.07, 6.45) is 1.08. The second kappa shape index (κ2) is 6.22. The molecule has 0 radical (unpaired) electrons. The number of aliphatic hydroxyl groups is 1. The van der Waals surface area contributed by atoms with Gasteiger partial charge in [-0.2, -0.15) is 0 Å². The van der Waals surface area contributed by atoms with Gasteiger partial charge in [0.25, 0.3) is 0 Å². The summed E-state index contributed by atoms with van der Waals surface area (Å²) in [5.41, 5.74) is 3.10. The molecule has 3 heteroatoms. The first-order valence-electron chi connectivity index (χ1n) is 6.55. The summed E-state index contributed by atoms with van der Waals surface area (Å²) in [7, 11) is 0. The maximum absolute atomic E-state index is 9.18. The molecule has 0 saturated carbocycles. The molecule has 0 aliphatic heterocycles. The molecule has 1 aromatic carbocycles. The van der Waals surface area contributed by atoms with Crippen LogP contribution >= 0.6 is 11.3 Å². The highest BCUT2D eigenvalue weighted by atomic mass is 32.1. The minimum absolute atomic E-state index is 0.0761. The molecule has 1 aromatic heterocycles. The lowest BCUT2D eigenvalue weighted by Crippen LogP contribution is -1.99. The van der Waals surface area contributed by atoms with Gasteiger partial charge in [-0.25, -0.2) is 0 Å². The van der Waals surface area contributed by atoms with Crippen molar-refractivity contribution in [3.63, 3.8) is 0 Å². The lowest BCUT2D eigenvalue weighted by molar-refractivity contribution is 0.280. The van der Waals surface area contributed by atoms with Gasteiger partial charge in [-0.15, -0.1) is 11.3 Å². The van der Waals surface area contributed by atoms with Crippen molar-refractivity contribution in [2.75, 3.05) is 0 Å². The number of thiophene rings is 1. The Hall–Kier alpha value is -1.32. The van der Waals surface area contributed by atoms with Crippen molar-refractivity contribution in [3.8, 4) is 5.75 Å². The summed E-state index contributed by atoms with van der Waals surface area (Å²) in [5, 5.41) is 9.18. The fraction of sp³-hybridized carbons (Fsp3) is 0.375. The van der Waals surface area contributed by atoms with E-state index < -0.39 is 0 Å². The first kappa shape index (κ1) is 14.1. The predicted octanol–water partition coefficient (Wildman–Crippen LogP) is 4.00. The van der Waals surface area contributed by atoms with E-state index in [1.807, 2.05) is 26.0 Å². The molecule has 0 amide bonds. The van der Waals surface area contributed by atoms with E-state index >= 15 is 0 Å². The second-order valence-electron chi connectivity index (χ2n) is 4.73. The van der Waals surface area contributed by atoms with E-state index in [-0.39, 0.29) is 6.61 Å². The molecule has 102 valence electrons. The van der Waals surface area contributed by atoms with Crippen molar-refractivity contribution in [1.29, 1.82) is 0 Å². The largest absolute Gasteiger partial charge is 0.488 e. The maximum Gasteiger partial charge on any atom is 0.125 e. The Morgan fingerprint density at radius 1 is 1.11 bits per heavy atom. The van der Waals surface area contributed by atoms with Crippen LogP contribution in [0.5, 0.6) is 5.75 Å². The highest BCUT2D eigenvalue weighted by Gasteiger charge is 2.07. The van der Waals surface area contributed by atoms with Gasteiger partial charge in [-0.05, 0) is 49.1 Å². The molecule has 0 aliphatic rings. The van der Waals surface area contributed by atoms with Crippen molar-refractivity contribution < 1.29 is 9.84 Å². The average Bonchev–Trinajstić information content (AvgIpc) is 2.85. The molecule has 1 heterocycles. The molecular formula is C16H20O2S. The van der Waals surface area contributed by atoms with Gasteiger partial charge in [-0.1, -0.05) is 19.1 Å². The van der Waals surface area contributed by atoms with Crippen molar-refractivity contribution in [2.24, 2.45) is 0 Å². The smallest absolute Gasteiger partial charge is 0.125 e. The fourth-order valence-electron chi connectivity index (χ4n) is 2.19. The van der Waals surface area contributed by atoms with Gasteiger partial charge in [0, 0.05) is 9.75 Å². The Bertz CT molecular complexity index is 535. The summed E-state index contributed by atoms with van der Waals surface area (Å²) in [4.78, 5) is 2.64. The SMILES string of the molecule is CCc1ccc(COc2c(C)cc(CO)cc2C)s1. The highest BCUT2D eigenvalue weighted by molar-refractivity contribution is 7.11. The Balaban J connectivity index is 2.11. The third kappa shape index (κ3) is 3.37. The molecule has 2 nitrogen and oxygen atoms in total. The van der Waals surface area contributed by atoms with Crippen molar-refractivity contribution in [1.82, 2.24) is 0 Å². The van der Waals surface area contributed by atoms with Crippen LogP contribution in [0.3, 0.4) is 0 Å². The fourth-order valence-corrected chi connectivity index (χ4v) is 3.06. The first-order valence-corrected chi connectivity index (χ1v) is 7.37. The number of aliphatic hydroxyl groups excluding tert-OH is 1. The quantitative estimate of drug-likeness (QED) is 0.894. The van der Waals surface area contributed by atoms with E-state index in [4.69, 9.17) is 4.74 Å². The molecule has 2 aromatic rings. The number of ether oxygens (including phenoxy) is 1. The molecule has 0 fully saturated rings. The molecule has 1 N–H and O–H groups in total. The van der Waals surface area contributed by atoms with Crippen LogP contribution in [0.1, 0.15) is 33.4 Å². The van der Waals surface area contributed by atoms with E-state index in [0.717, 1.165) is 28.9 Å². The van der Waals surface area contributed by atoms with Gasteiger partial charge < -0.3 is 9.84 Å². The van der Waals surface area contributed by atoms with Crippen LogP contribution in [-0.4, -0.2) is 5.11 Å². The molecule has 0 bridgehead atoms. The predicted molar refractivity (Wildman–Crippen MR) is 79.9 cm³/mol. The summed E-state index contributed by atoms with van der Waals surface area (Å²) in [5.74, 6) is 0.934. The van der Waals surface area contributed by atoms with Gasteiger partial charge in [0.15, 0.2) is 0 Å². The number of benzene rings is 1. The molecule has 19 heavy (non-hydrogen) atoms. The van der Waals surface area contributed by atoms with E-state index in [2.05, 4.69) is 19.1 Å². The normalized spacial score (nSPS) is 10.7. The van der Waals surface area contributed by atoms with E-state index in [1.54, 1.807) is 11.3 Å². The van der Waals surface area contributed by atoms with E-state index in [9.17, 15) is 5.11 Å².